The van der Waals surface area contributed by atoms with Crippen LogP contribution < -0.4 is 10.6 Å². The molecule has 0 aliphatic rings. The number of rotatable bonds is 11. The van der Waals surface area contributed by atoms with Gasteiger partial charge in [-0.2, -0.15) is 30.1 Å². The van der Waals surface area contributed by atoms with Crippen molar-refractivity contribution in [2.75, 3.05) is 10.6 Å². The van der Waals surface area contributed by atoms with Gasteiger partial charge < -0.3 is 0 Å². The van der Waals surface area contributed by atoms with Gasteiger partial charge in [0.25, 0.3) is 11.8 Å². The molecule has 0 atom stereocenters. The van der Waals surface area contributed by atoms with E-state index in [-0.39, 0.29) is 30.2 Å². The normalized spacial score (nSPS) is 11.4. The van der Waals surface area contributed by atoms with Gasteiger partial charge in [-0.25, -0.2) is 24.6 Å². The molecule has 0 bridgehead atoms. The molecule has 2 aromatic carbocycles. The Morgan fingerprint density at radius 2 is 1.29 bits per heavy atom. The van der Waals surface area contributed by atoms with Crippen LogP contribution in [0.2, 0.25) is 5.02 Å². The first-order valence-corrected chi connectivity index (χ1v) is 21.8. The van der Waals surface area contributed by atoms with Gasteiger partial charge in [-0.1, -0.05) is 54.1 Å². The Balaban J connectivity index is 0.991. The van der Waals surface area contributed by atoms with E-state index in [1.807, 2.05) is 69.3 Å². The Morgan fingerprint density at radius 3 is 1.99 bits per heavy atom. The number of hydrogen-bond donors (Lipinski definition) is 2. The highest BCUT2D eigenvalue weighted by Crippen LogP contribution is 2.31. The summed E-state index contributed by atoms with van der Waals surface area (Å²) in [4.78, 5) is 74.9. The maximum absolute atomic E-state index is 14.4. The van der Waals surface area contributed by atoms with E-state index in [4.69, 9.17) is 31.5 Å². The van der Waals surface area contributed by atoms with E-state index in [1.165, 1.54) is 0 Å². The summed E-state index contributed by atoms with van der Waals surface area (Å²) in [6.07, 6.45) is 5.16. The number of amides is 2. The van der Waals surface area contributed by atoms with Crippen molar-refractivity contribution in [2.45, 2.75) is 40.2 Å². The third-order valence-electron chi connectivity index (χ3n) is 10.9. The number of nitrogens with one attached hydrogen (secondary N) is 2. The zero-order valence-corrected chi connectivity index (χ0v) is 38.0. The summed E-state index contributed by atoms with van der Waals surface area (Å²) < 4.78 is 3.42. The van der Waals surface area contributed by atoms with Gasteiger partial charge in [0.05, 0.1) is 45.2 Å². The van der Waals surface area contributed by atoms with Crippen molar-refractivity contribution in [2.24, 2.45) is 7.05 Å². The van der Waals surface area contributed by atoms with E-state index in [0.717, 1.165) is 16.7 Å². The van der Waals surface area contributed by atoms with Crippen LogP contribution in [0, 0.1) is 13.8 Å². The quantitative estimate of drug-likeness (QED) is 0.124. The van der Waals surface area contributed by atoms with Crippen molar-refractivity contribution in [1.82, 2.24) is 69.4 Å². The number of hydrogen-bond acceptors (Lipinski definition) is 14. The van der Waals surface area contributed by atoms with Gasteiger partial charge in [0, 0.05) is 48.1 Å². The first kappa shape index (κ1) is 43.1. The lowest BCUT2D eigenvalue weighted by Gasteiger charge is -2.12. The molecule has 18 nitrogen and oxygen atoms in total. The Kier molecular flexibility index (Phi) is 11.4. The molecule has 0 radical (unpaired) electrons. The number of carbonyl (C=O) groups excluding carboxylic acids is 2. The molecule has 8 heterocycles. The summed E-state index contributed by atoms with van der Waals surface area (Å²) in [5.74, 6) is 0.576. The number of fused-ring (bicyclic) bond motifs is 2. The predicted molar refractivity (Wildman–Crippen MR) is 257 cm³/mol. The molecule has 0 aliphatic heterocycles. The second kappa shape index (κ2) is 17.9. The largest absolute Gasteiger partial charge is 0.290 e. The van der Waals surface area contributed by atoms with Crippen LogP contribution >= 0.6 is 11.6 Å². The third kappa shape index (κ3) is 8.70. The topological polar surface area (TPSA) is 223 Å². The number of aromatic nitrogens is 14. The molecule has 334 valence electrons. The minimum absolute atomic E-state index is 0.0293. The fraction of sp³-hybridized carbons (Fsp3) is 0.143. The summed E-state index contributed by atoms with van der Waals surface area (Å²) in [7, 11) is 1.78. The first-order chi connectivity index (χ1) is 32.9. The summed E-state index contributed by atoms with van der Waals surface area (Å²) in [6, 6.07) is 29.2. The van der Waals surface area contributed by atoms with Crippen LogP contribution in [0.15, 0.2) is 116 Å². The van der Waals surface area contributed by atoms with Crippen molar-refractivity contribution in [3.63, 3.8) is 0 Å². The Morgan fingerprint density at radius 1 is 0.647 bits per heavy atom. The molecule has 19 heteroatoms. The van der Waals surface area contributed by atoms with Crippen LogP contribution in [0.3, 0.4) is 0 Å². The Bertz CT molecular complexity index is 3560. The zero-order chi connectivity index (χ0) is 47.1. The number of nitrogens with zero attached hydrogens (tertiary/aromatic N) is 14. The molecule has 68 heavy (non-hydrogen) atoms. The highest BCUT2D eigenvalue weighted by Gasteiger charge is 2.23. The van der Waals surface area contributed by atoms with Crippen LogP contribution in [0.5, 0.6) is 0 Å². The number of anilines is 2. The van der Waals surface area contributed by atoms with Crippen LogP contribution in [-0.4, -0.2) is 81.2 Å². The monoisotopic (exact) mass is 918 g/mol. The molecule has 0 spiro atoms. The maximum Gasteiger partial charge on any atom is 0.258 e. The van der Waals surface area contributed by atoms with E-state index in [0.29, 0.717) is 84.2 Å². The number of aryl methyl sites for hydroxylation is 3. The average Bonchev–Trinajstić information content (AvgIpc) is 3.91. The summed E-state index contributed by atoms with van der Waals surface area (Å²) in [5, 5.41) is 16.7. The third-order valence-corrected chi connectivity index (χ3v) is 11.2. The van der Waals surface area contributed by atoms with Crippen LogP contribution in [-0.2, 0) is 13.5 Å². The van der Waals surface area contributed by atoms with Crippen LogP contribution in [0.4, 0.5) is 11.9 Å². The smallest absolute Gasteiger partial charge is 0.258 e. The minimum Gasteiger partial charge on any atom is -0.290 e. The molecule has 0 fully saturated rings. The average molecular weight is 919 g/mol. The number of pyridine rings is 4. The Hall–Kier alpha value is -8.77. The van der Waals surface area contributed by atoms with Crippen LogP contribution in [0.1, 0.15) is 63.5 Å². The predicted octanol–water partition coefficient (Wildman–Crippen LogP) is 8.49. The van der Waals surface area contributed by atoms with Gasteiger partial charge in [0.15, 0.2) is 22.9 Å². The lowest BCUT2D eigenvalue weighted by Crippen LogP contribution is -2.17. The van der Waals surface area contributed by atoms with Crippen molar-refractivity contribution in [3.8, 4) is 45.6 Å². The van der Waals surface area contributed by atoms with Gasteiger partial charge in [-0.3, -0.25) is 34.9 Å². The molecule has 0 unspecified atom stereocenters. The number of halogens is 1. The molecular formula is C49H39ClN16O2. The standard InChI is InChI=1S/C49H39ClN16O2/c1-26(2)66-44-35(25-53-66)33(46(67)62-48-55-28(4)54-42(60-48)36-13-6-8-19-51-36)23-39(56-44)31-12-10-11-29(21-31)22-40-58-43(37-14-7-9-20-52-37)61-49(59-40)63-47(68)34-24-38(30-15-17-32(50)18-16-30)57-45-41(34)27(3)64-65(45)5/h6-21,23-26H,22H2,1-5H3,(H,54,55,60,62,67)(H,58,59,61,63,68). The first-order valence-electron chi connectivity index (χ1n) is 21.4. The maximum atomic E-state index is 14.4. The molecule has 2 amide bonds. The fourth-order valence-electron chi connectivity index (χ4n) is 7.80. The van der Waals surface area contributed by atoms with Crippen molar-refractivity contribution < 1.29 is 9.59 Å². The van der Waals surface area contributed by atoms with Crippen LogP contribution in [0.25, 0.3) is 67.6 Å². The molecule has 8 aromatic heterocycles. The molecular weight excluding hydrogens is 880 g/mol. The second-order valence-corrected chi connectivity index (χ2v) is 16.5. The minimum atomic E-state index is -0.462. The number of carbonyl (C=O) groups is 2. The van der Waals surface area contributed by atoms with Crippen molar-refractivity contribution >= 4 is 57.4 Å². The molecule has 0 saturated heterocycles. The Labute approximate surface area is 393 Å². The second-order valence-electron chi connectivity index (χ2n) is 16.1. The van der Waals surface area contributed by atoms with E-state index in [2.05, 4.69) is 50.7 Å². The van der Waals surface area contributed by atoms with Gasteiger partial charge in [-0.15, -0.1) is 0 Å². The van der Waals surface area contributed by atoms with Gasteiger partial charge in [0.1, 0.15) is 23.0 Å². The van der Waals surface area contributed by atoms with Crippen molar-refractivity contribution in [3.05, 3.63) is 155 Å². The summed E-state index contributed by atoms with van der Waals surface area (Å²) in [6.45, 7) is 7.54. The fourth-order valence-corrected chi connectivity index (χ4v) is 7.92. The lowest BCUT2D eigenvalue weighted by molar-refractivity contribution is 0.101. The zero-order valence-electron chi connectivity index (χ0n) is 37.2. The lowest BCUT2D eigenvalue weighted by atomic mass is 10.0. The van der Waals surface area contributed by atoms with Crippen molar-refractivity contribution in [1.29, 1.82) is 0 Å². The van der Waals surface area contributed by atoms with E-state index in [9.17, 15) is 9.59 Å². The summed E-state index contributed by atoms with van der Waals surface area (Å²) >= 11 is 6.19. The van der Waals surface area contributed by atoms with E-state index in [1.54, 1.807) is 90.5 Å². The van der Waals surface area contributed by atoms with E-state index < -0.39 is 11.8 Å². The van der Waals surface area contributed by atoms with Gasteiger partial charge >= 0.3 is 0 Å². The molecule has 10 rings (SSSR count). The molecule has 10 aromatic rings. The van der Waals surface area contributed by atoms with E-state index >= 15 is 0 Å². The molecule has 0 aliphatic carbocycles. The SMILES string of the molecule is Cc1nc(NC(=O)c2cc(-c3cccc(Cc4nc(NC(=O)c5cc(-c6ccc(Cl)cc6)nc6c5c(C)nn6C)nc(-c5ccccn5)n4)c3)nc3c2cnn3C(C)C)nc(-c2ccccn2)n1. The van der Waals surface area contributed by atoms with Gasteiger partial charge in [-0.05, 0) is 87.9 Å². The highest BCUT2D eigenvalue weighted by atomic mass is 35.5. The van der Waals surface area contributed by atoms with Gasteiger partial charge in [0.2, 0.25) is 11.9 Å². The summed E-state index contributed by atoms with van der Waals surface area (Å²) in [5.41, 5.74) is 6.81. The highest BCUT2D eigenvalue weighted by molar-refractivity contribution is 6.30. The molecule has 2 N–H and O–H groups in total. The molecule has 0 saturated carbocycles. The number of benzene rings is 2.